The Bertz CT molecular complexity index is 628. The van der Waals surface area contributed by atoms with Crippen molar-refractivity contribution in [2.75, 3.05) is 26.2 Å². The normalized spacial score (nSPS) is 18.9. The first kappa shape index (κ1) is 18.2. The molecule has 0 atom stereocenters. The molecule has 1 aromatic carbocycles. The highest BCUT2D eigenvalue weighted by atomic mass is 79.9. The minimum absolute atomic E-state index is 0.0193. The van der Waals surface area contributed by atoms with Gasteiger partial charge < -0.3 is 9.80 Å². The van der Waals surface area contributed by atoms with E-state index in [2.05, 4.69) is 15.9 Å². The Morgan fingerprint density at radius 2 is 1.60 bits per heavy atom. The molecule has 1 heterocycles. The van der Waals surface area contributed by atoms with Crippen molar-refractivity contribution in [2.24, 2.45) is 5.92 Å². The first-order chi connectivity index (χ1) is 12.1. The van der Waals surface area contributed by atoms with E-state index < -0.39 is 0 Å². The molecule has 2 amide bonds. The van der Waals surface area contributed by atoms with Gasteiger partial charge in [0.2, 0.25) is 11.8 Å². The number of carbonyl (C=O) groups excluding carboxylic acids is 2. The van der Waals surface area contributed by atoms with Crippen molar-refractivity contribution in [3.05, 3.63) is 40.4 Å². The van der Waals surface area contributed by atoms with E-state index >= 15 is 0 Å². The molecule has 0 aromatic heterocycles. The summed E-state index contributed by atoms with van der Waals surface area (Å²) in [6.45, 7) is 2.56. The molecule has 1 aromatic rings. The van der Waals surface area contributed by atoms with E-state index in [4.69, 9.17) is 0 Å². The molecule has 134 valence electrons. The first-order valence-electron chi connectivity index (χ1n) is 9.12. The van der Waals surface area contributed by atoms with Gasteiger partial charge in [-0.1, -0.05) is 40.9 Å². The van der Waals surface area contributed by atoms with Crippen LogP contribution in [0.2, 0.25) is 0 Å². The van der Waals surface area contributed by atoms with E-state index in [9.17, 15) is 9.59 Å². The van der Waals surface area contributed by atoms with Gasteiger partial charge in [-0.25, -0.2) is 0 Å². The molecule has 4 nitrogen and oxygen atoms in total. The van der Waals surface area contributed by atoms with Crippen LogP contribution in [0.4, 0.5) is 0 Å². The Morgan fingerprint density at radius 3 is 2.24 bits per heavy atom. The van der Waals surface area contributed by atoms with Gasteiger partial charge >= 0.3 is 0 Å². The maximum absolute atomic E-state index is 12.4. The topological polar surface area (TPSA) is 40.6 Å². The maximum Gasteiger partial charge on any atom is 0.246 e. The number of carbonyl (C=O) groups is 2. The van der Waals surface area contributed by atoms with Crippen molar-refractivity contribution in [3.63, 3.8) is 0 Å². The molecule has 0 spiro atoms. The third-order valence-corrected chi connectivity index (χ3v) is 5.70. The van der Waals surface area contributed by atoms with E-state index in [1.54, 1.807) is 6.08 Å². The summed E-state index contributed by atoms with van der Waals surface area (Å²) in [5.74, 6) is 0.871. The fourth-order valence-corrected chi connectivity index (χ4v) is 3.88. The zero-order valence-corrected chi connectivity index (χ0v) is 16.1. The monoisotopic (exact) mass is 404 g/mol. The predicted octanol–water partition coefficient (Wildman–Crippen LogP) is 3.71. The quantitative estimate of drug-likeness (QED) is 0.717. The number of rotatable bonds is 4. The molecular formula is C20H25BrN2O2. The number of hydrogen-bond donors (Lipinski definition) is 0. The van der Waals surface area contributed by atoms with Crippen LogP contribution in [0, 0.1) is 5.92 Å². The van der Waals surface area contributed by atoms with Gasteiger partial charge in [-0.2, -0.15) is 0 Å². The third kappa shape index (κ3) is 5.18. The fourth-order valence-electron chi connectivity index (χ4n) is 3.61. The molecule has 3 rings (SSSR count). The lowest BCUT2D eigenvalue weighted by Gasteiger charge is -2.34. The highest BCUT2D eigenvalue weighted by Gasteiger charge is 2.26. The van der Waals surface area contributed by atoms with Crippen LogP contribution < -0.4 is 0 Å². The van der Waals surface area contributed by atoms with Gasteiger partial charge in [-0.05, 0) is 42.5 Å². The summed E-state index contributed by atoms with van der Waals surface area (Å²) in [5.41, 5.74) is 1.00. The average Bonchev–Trinajstić information content (AvgIpc) is 3.14. The highest BCUT2D eigenvalue weighted by Crippen LogP contribution is 2.28. The molecule has 5 heteroatoms. The van der Waals surface area contributed by atoms with E-state index in [-0.39, 0.29) is 11.8 Å². The predicted molar refractivity (Wildman–Crippen MR) is 103 cm³/mol. The molecule has 1 saturated heterocycles. The van der Waals surface area contributed by atoms with Crippen molar-refractivity contribution in [1.82, 2.24) is 9.80 Å². The molecule has 1 aliphatic heterocycles. The lowest BCUT2D eigenvalue weighted by atomic mass is 10.0. The van der Waals surface area contributed by atoms with Gasteiger partial charge in [0.25, 0.3) is 0 Å². The van der Waals surface area contributed by atoms with Crippen molar-refractivity contribution < 1.29 is 9.59 Å². The van der Waals surface area contributed by atoms with E-state index in [1.165, 1.54) is 25.7 Å². The van der Waals surface area contributed by atoms with Crippen molar-refractivity contribution in [1.29, 1.82) is 0 Å². The molecule has 1 aliphatic carbocycles. The lowest BCUT2D eigenvalue weighted by molar-refractivity contribution is -0.137. The smallest absolute Gasteiger partial charge is 0.246 e. The van der Waals surface area contributed by atoms with E-state index in [0.717, 1.165) is 10.0 Å². The van der Waals surface area contributed by atoms with E-state index in [0.29, 0.717) is 38.5 Å². The van der Waals surface area contributed by atoms with Crippen LogP contribution in [0.15, 0.2) is 34.8 Å². The number of halogens is 1. The van der Waals surface area contributed by atoms with Crippen molar-refractivity contribution >= 4 is 33.8 Å². The molecule has 0 N–H and O–H groups in total. The van der Waals surface area contributed by atoms with Gasteiger partial charge in [-0.15, -0.1) is 0 Å². The zero-order chi connectivity index (χ0) is 17.6. The average molecular weight is 405 g/mol. The Hall–Kier alpha value is -1.62. The summed E-state index contributed by atoms with van der Waals surface area (Å²) < 4.78 is 1.02. The first-order valence-corrected chi connectivity index (χ1v) is 9.91. The van der Waals surface area contributed by atoms with Crippen LogP contribution in [0.3, 0.4) is 0 Å². The Balaban J connectivity index is 1.45. The molecular weight excluding hydrogens is 380 g/mol. The Kier molecular flexibility index (Phi) is 6.29. The summed E-state index contributed by atoms with van der Waals surface area (Å²) in [4.78, 5) is 28.5. The SMILES string of the molecule is O=C(C=Cc1ccc(Br)cc1)N1CCN(C(=O)CC2CCCC2)CC1. The number of piperazine rings is 1. The largest absolute Gasteiger partial charge is 0.339 e. The molecule has 25 heavy (non-hydrogen) atoms. The molecule has 1 saturated carbocycles. The lowest BCUT2D eigenvalue weighted by Crippen LogP contribution is -2.50. The maximum atomic E-state index is 12.4. The minimum Gasteiger partial charge on any atom is -0.339 e. The second kappa shape index (κ2) is 8.65. The van der Waals surface area contributed by atoms with Crippen LogP contribution in [-0.4, -0.2) is 47.8 Å². The van der Waals surface area contributed by atoms with Gasteiger partial charge in [0.15, 0.2) is 0 Å². The zero-order valence-electron chi connectivity index (χ0n) is 14.5. The number of nitrogens with zero attached hydrogens (tertiary/aromatic N) is 2. The molecule has 0 radical (unpaired) electrons. The summed E-state index contributed by atoms with van der Waals surface area (Å²) in [6, 6.07) is 7.85. The van der Waals surface area contributed by atoms with Crippen LogP contribution in [-0.2, 0) is 9.59 Å². The van der Waals surface area contributed by atoms with Crippen LogP contribution in [0.1, 0.15) is 37.7 Å². The molecule has 0 bridgehead atoms. The summed E-state index contributed by atoms with van der Waals surface area (Å²) in [6.07, 6.45) is 9.09. The van der Waals surface area contributed by atoms with Gasteiger partial charge in [-0.3, -0.25) is 9.59 Å². The second-order valence-electron chi connectivity index (χ2n) is 6.95. The van der Waals surface area contributed by atoms with Gasteiger partial charge in [0.1, 0.15) is 0 Å². The highest BCUT2D eigenvalue weighted by molar-refractivity contribution is 9.10. The standard InChI is InChI=1S/C20H25BrN2O2/c21-18-8-5-16(6-9-18)7-10-19(24)22-11-13-23(14-12-22)20(25)15-17-3-1-2-4-17/h5-10,17H,1-4,11-15H2. The summed E-state index contributed by atoms with van der Waals surface area (Å²) >= 11 is 3.40. The molecule has 0 unspecified atom stereocenters. The third-order valence-electron chi connectivity index (χ3n) is 5.17. The number of amides is 2. The van der Waals surface area contributed by atoms with Crippen LogP contribution >= 0.6 is 15.9 Å². The fraction of sp³-hybridized carbons (Fsp3) is 0.500. The molecule has 2 fully saturated rings. The van der Waals surface area contributed by atoms with Gasteiger partial charge in [0, 0.05) is 43.1 Å². The van der Waals surface area contributed by atoms with Gasteiger partial charge in [0.05, 0.1) is 0 Å². The van der Waals surface area contributed by atoms with E-state index in [1.807, 2.05) is 40.1 Å². The number of hydrogen-bond acceptors (Lipinski definition) is 2. The Morgan fingerprint density at radius 1 is 1.00 bits per heavy atom. The minimum atomic E-state index is 0.0193. The molecule has 2 aliphatic rings. The van der Waals surface area contributed by atoms with Crippen LogP contribution in [0.25, 0.3) is 6.08 Å². The second-order valence-corrected chi connectivity index (χ2v) is 7.86. The van der Waals surface area contributed by atoms with Crippen molar-refractivity contribution in [2.45, 2.75) is 32.1 Å². The Labute approximate surface area is 158 Å². The number of benzene rings is 1. The van der Waals surface area contributed by atoms with Crippen LogP contribution in [0.5, 0.6) is 0 Å². The summed E-state index contributed by atoms with van der Waals surface area (Å²) in [5, 5.41) is 0. The van der Waals surface area contributed by atoms with Crippen molar-refractivity contribution in [3.8, 4) is 0 Å². The summed E-state index contributed by atoms with van der Waals surface area (Å²) in [7, 11) is 0.